The van der Waals surface area contributed by atoms with E-state index in [0.29, 0.717) is 11.8 Å². The van der Waals surface area contributed by atoms with Gasteiger partial charge in [-0.05, 0) is 31.6 Å². The second-order valence-electron chi connectivity index (χ2n) is 4.87. The summed E-state index contributed by atoms with van der Waals surface area (Å²) in [5.41, 5.74) is 0. The van der Waals surface area contributed by atoms with Crippen molar-refractivity contribution in [3.05, 3.63) is 0 Å². The van der Waals surface area contributed by atoms with Crippen molar-refractivity contribution < 1.29 is 9.84 Å². The molecule has 82 valence electrons. The molecule has 2 heteroatoms. The van der Waals surface area contributed by atoms with Crippen molar-refractivity contribution in [1.82, 2.24) is 0 Å². The second-order valence-corrected chi connectivity index (χ2v) is 4.87. The number of rotatable bonds is 2. The van der Waals surface area contributed by atoms with Gasteiger partial charge in [-0.2, -0.15) is 0 Å². The molecule has 0 amide bonds. The molecule has 1 heterocycles. The molecule has 1 aliphatic carbocycles. The molecular formula is C12H22O2. The molecule has 1 saturated carbocycles. The molecule has 2 rings (SSSR count). The molecule has 0 aromatic heterocycles. The van der Waals surface area contributed by atoms with Gasteiger partial charge in [-0.3, -0.25) is 0 Å². The van der Waals surface area contributed by atoms with E-state index in [1.54, 1.807) is 0 Å². The zero-order chi connectivity index (χ0) is 9.80. The maximum atomic E-state index is 10.2. The van der Waals surface area contributed by atoms with Crippen molar-refractivity contribution in [2.45, 2.75) is 51.0 Å². The topological polar surface area (TPSA) is 29.5 Å². The molecule has 0 bridgehead atoms. The van der Waals surface area contributed by atoms with Gasteiger partial charge in [0.15, 0.2) is 0 Å². The quantitative estimate of drug-likeness (QED) is 0.738. The van der Waals surface area contributed by atoms with Crippen molar-refractivity contribution in [3.8, 4) is 0 Å². The van der Waals surface area contributed by atoms with E-state index in [0.717, 1.165) is 26.1 Å². The predicted octanol–water partition coefficient (Wildman–Crippen LogP) is 2.35. The lowest BCUT2D eigenvalue weighted by Gasteiger charge is -2.34. The first kappa shape index (κ1) is 10.4. The molecule has 14 heavy (non-hydrogen) atoms. The zero-order valence-corrected chi connectivity index (χ0v) is 8.95. The molecule has 0 spiro atoms. The molecule has 2 aliphatic rings. The zero-order valence-electron chi connectivity index (χ0n) is 8.95. The Morgan fingerprint density at radius 3 is 2.29 bits per heavy atom. The molecule has 0 aromatic carbocycles. The predicted molar refractivity (Wildman–Crippen MR) is 56.1 cm³/mol. The summed E-state index contributed by atoms with van der Waals surface area (Å²) in [5, 5.41) is 10.2. The number of aliphatic hydroxyl groups is 1. The Balaban J connectivity index is 1.82. The van der Waals surface area contributed by atoms with E-state index in [1.165, 1.54) is 32.1 Å². The molecule has 2 atom stereocenters. The molecule has 1 N–H and O–H groups in total. The van der Waals surface area contributed by atoms with Crippen LogP contribution in [0.4, 0.5) is 0 Å². The van der Waals surface area contributed by atoms with Crippen molar-refractivity contribution in [1.29, 1.82) is 0 Å². The van der Waals surface area contributed by atoms with Gasteiger partial charge in [-0.1, -0.05) is 19.3 Å². The van der Waals surface area contributed by atoms with E-state index in [9.17, 15) is 5.11 Å². The van der Waals surface area contributed by atoms with Crippen LogP contribution in [0.15, 0.2) is 0 Å². The normalized spacial score (nSPS) is 32.8. The van der Waals surface area contributed by atoms with Gasteiger partial charge in [0.1, 0.15) is 0 Å². The Morgan fingerprint density at radius 1 is 0.929 bits per heavy atom. The molecule has 0 aromatic rings. The largest absolute Gasteiger partial charge is 0.392 e. The third-order valence-electron chi connectivity index (χ3n) is 3.81. The highest BCUT2D eigenvalue weighted by Crippen LogP contribution is 2.32. The number of ether oxygens (including phenoxy) is 1. The van der Waals surface area contributed by atoms with Crippen LogP contribution in [0.1, 0.15) is 44.9 Å². The molecule has 2 nitrogen and oxygen atoms in total. The van der Waals surface area contributed by atoms with Gasteiger partial charge >= 0.3 is 0 Å². The summed E-state index contributed by atoms with van der Waals surface area (Å²) in [6, 6.07) is 0. The van der Waals surface area contributed by atoms with Crippen LogP contribution in [0, 0.1) is 11.8 Å². The molecule has 2 unspecified atom stereocenters. The minimum atomic E-state index is -0.0874. The fraction of sp³-hybridized carbons (Fsp3) is 1.00. The first-order chi connectivity index (χ1) is 6.88. The molecule has 1 aliphatic heterocycles. The van der Waals surface area contributed by atoms with Gasteiger partial charge in [0, 0.05) is 12.5 Å². The third kappa shape index (κ3) is 2.48. The fourth-order valence-electron chi connectivity index (χ4n) is 2.90. The maximum absolute atomic E-state index is 10.2. The highest BCUT2D eigenvalue weighted by atomic mass is 16.5. The summed E-state index contributed by atoms with van der Waals surface area (Å²) < 4.78 is 5.43. The molecule has 0 radical (unpaired) electrons. The Bertz CT molecular complexity index is 140. The van der Waals surface area contributed by atoms with E-state index in [-0.39, 0.29) is 6.10 Å². The van der Waals surface area contributed by atoms with Crippen LogP contribution < -0.4 is 0 Å². The summed E-state index contributed by atoms with van der Waals surface area (Å²) in [7, 11) is 0. The van der Waals surface area contributed by atoms with E-state index in [2.05, 4.69) is 0 Å². The second kappa shape index (κ2) is 5.13. The van der Waals surface area contributed by atoms with Crippen molar-refractivity contribution in [3.63, 3.8) is 0 Å². The summed E-state index contributed by atoms with van der Waals surface area (Å²) in [5.74, 6) is 0.988. The van der Waals surface area contributed by atoms with Gasteiger partial charge in [-0.15, -0.1) is 0 Å². The Kier molecular flexibility index (Phi) is 3.82. The highest BCUT2D eigenvalue weighted by Gasteiger charge is 2.29. The van der Waals surface area contributed by atoms with Crippen LogP contribution >= 0.6 is 0 Å². The van der Waals surface area contributed by atoms with Gasteiger partial charge in [0.25, 0.3) is 0 Å². The number of hydrogen-bond donors (Lipinski definition) is 1. The first-order valence-corrected chi connectivity index (χ1v) is 6.14. The molecule has 1 saturated heterocycles. The smallest absolute Gasteiger partial charge is 0.0618 e. The van der Waals surface area contributed by atoms with Crippen molar-refractivity contribution in [2.24, 2.45) is 11.8 Å². The standard InChI is InChI=1S/C12H22O2/c13-12(10-5-2-1-3-6-10)11-7-4-8-14-9-11/h10-13H,1-9H2. The maximum Gasteiger partial charge on any atom is 0.0618 e. The Hall–Kier alpha value is -0.0800. The van der Waals surface area contributed by atoms with E-state index < -0.39 is 0 Å². The van der Waals surface area contributed by atoms with Crippen LogP contribution in [0.3, 0.4) is 0 Å². The fourth-order valence-corrected chi connectivity index (χ4v) is 2.90. The first-order valence-electron chi connectivity index (χ1n) is 6.14. The third-order valence-corrected chi connectivity index (χ3v) is 3.81. The van der Waals surface area contributed by atoms with Gasteiger partial charge < -0.3 is 9.84 Å². The average Bonchev–Trinajstić information content (AvgIpc) is 2.30. The number of aliphatic hydroxyl groups excluding tert-OH is 1. The Labute approximate surface area is 86.6 Å². The van der Waals surface area contributed by atoms with E-state index in [1.807, 2.05) is 0 Å². The minimum Gasteiger partial charge on any atom is -0.392 e. The van der Waals surface area contributed by atoms with E-state index in [4.69, 9.17) is 4.74 Å². The highest BCUT2D eigenvalue weighted by molar-refractivity contribution is 4.80. The van der Waals surface area contributed by atoms with Crippen LogP contribution in [0.5, 0.6) is 0 Å². The summed E-state index contributed by atoms with van der Waals surface area (Å²) in [6.45, 7) is 1.69. The van der Waals surface area contributed by atoms with Gasteiger partial charge in [0.2, 0.25) is 0 Å². The average molecular weight is 198 g/mol. The SMILES string of the molecule is OC(C1CCCCC1)C1CCCOC1. The van der Waals surface area contributed by atoms with Gasteiger partial charge in [0.05, 0.1) is 12.7 Å². The van der Waals surface area contributed by atoms with Crippen molar-refractivity contribution >= 4 is 0 Å². The lowest BCUT2D eigenvalue weighted by Crippen LogP contribution is -2.35. The van der Waals surface area contributed by atoms with Crippen LogP contribution in [-0.4, -0.2) is 24.4 Å². The molecule has 2 fully saturated rings. The molecular weight excluding hydrogens is 176 g/mol. The van der Waals surface area contributed by atoms with Crippen molar-refractivity contribution in [2.75, 3.05) is 13.2 Å². The number of hydrogen-bond acceptors (Lipinski definition) is 2. The Morgan fingerprint density at radius 2 is 1.64 bits per heavy atom. The van der Waals surface area contributed by atoms with Crippen LogP contribution in [-0.2, 0) is 4.74 Å². The summed E-state index contributed by atoms with van der Waals surface area (Å²) in [4.78, 5) is 0. The summed E-state index contributed by atoms with van der Waals surface area (Å²) in [6.07, 6.45) is 8.67. The van der Waals surface area contributed by atoms with Crippen LogP contribution in [0.2, 0.25) is 0 Å². The summed E-state index contributed by atoms with van der Waals surface area (Å²) >= 11 is 0. The minimum absolute atomic E-state index is 0.0874. The van der Waals surface area contributed by atoms with Gasteiger partial charge in [-0.25, -0.2) is 0 Å². The van der Waals surface area contributed by atoms with E-state index >= 15 is 0 Å². The lowest BCUT2D eigenvalue weighted by atomic mass is 9.79. The van der Waals surface area contributed by atoms with Crippen LogP contribution in [0.25, 0.3) is 0 Å². The monoisotopic (exact) mass is 198 g/mol. The lowest BCUT2D eigenvalue weighted by molar-refractivity contribution is -0.0397.